The fraction of sp³-hybridized carbons (Fsp3) is 0.154. The molecule has 2 aromatic rings. The molecule has 2 rings (SSSR count). The van der Waals surface area contributed by atoms with Crippen molar-refractivity contribution in [3.8, 4) is 0 Å². The monoisotopic (exact) mass is 353 g/mol. The van der Waals surface area contributed by atoms with Crippen LogP contribution in [0, 0.1) is 13.8 Å². The molecule has 0 saturated heterocycles. The summed E-state index contributed by atoms with van der Waals surface area (Å²) in [6.07, 6.45) is 1.50. The molecule has 0 aliphatic carbocycles. The van der Waals surface area contributed by atoms with E-state index < -0.39 is 5.97 Å². The Hall–Kier alpha value is -1.60. The van der Waals surface area contributed by atoms with Gasteiger partial charge in [0.1, 0.15) is 0 Å². The molecule has 1 aromatic heterocycles. The lowest BCUT2D eigenvalue weighted by Gasteiger charge is -2.06. The van der Waals surface area contributed by atoms with Crippen LogP contribution in [0.3, 0.4) is 0 Å². The first kappa shape index (κ1) is 14.8. The zero-order chi connectivity index (χ0) is 14.7. The maximum Gasteiger partial charge on any atom is 0.281 e. The molecule has 0 amide bonds. The Labute approximate surface area is 128 Å². The highest BCUT2D eigenvalue weighted by Gasteiger charge is 2.09. The molecule has 104 valence electrons. The third kappa shape index (κ3) is 3.71. The van der Waals surface area contributed by atoms with Crippen LogP contribution in [-0.4, -0.2) is 16.2 Å². The summed E-state index contributed by atoms with van der Waals surface area (Å²) in [5.74, 6) is -0.911. The molecule has 0 N–H and O–H groups in total. The highest BCUT2D eigenvalue weighted by atomic mass is 79.9. The van der Waals surface area contributed by atoms with Crippen LogP contribution in [0.4, 0.5) is 0 Å². The molecule has 5 nitrogen and oxygen atoms in total. The van der Waals surface area contributed by atoms with Crippen LogP contribution in [0.5, 0.6) is 0 Å². The number of hydrogen-bond donors (Lipinski definition) is 0. The molecule has 0 fully saturated rings. The number of hydrogen-bond acceptors (Lipinski definition) is 6. The van der Waals surface area contributed by atoms with Gasteiger partial charge in [-0.15, -0.1) is 10.2 Å². The summed E-state index contributed by atoms with van der Waals surface area (Å²) in [5.41, 5.74) is 1.81. The number of benzene rings is 1. The topological polar surface area (TPSA) is 79.0 Å². The number of aliphatic carboxylic acids is 1. The van der Waals surface area contributed by atoms with Gasteiger partial charge in [-0.25, -0.2) is 0 Å². The van der Waals surface area contributed by atoms with E-state index >= 15 is 0 Å². The Kier molecular flexibility index (Phi) is 4.61. The zero-order valence-electron chi connectivity index (χ0n) is 10.7. The predicted molar refractivity (Wildman–Crippen MR) is 76.8 cm³/mol. The van der Waals surface area contributed by atoms with E-state index in [-0.39, 0.29) is 10.1 Å². The number of halogens is 1. The van der Waals surface area contributed by atoms with Crippen LogP contribution in [0.2, 0.25) is 0 Å². The van der Waals surface area contributed by atoms with E-state index in [1.54, 1.807) is 6.92 Å². The van der Waals surface area contributed by atoms with Gasteiger partial charge in [0.2, 0.25) is 5.89 Å². The van der Waals surface area contributed by atoms with E-state index in [2.05, 4.69) is 26.1 Å². The van der Waals surface area contributed by atoms with Crippen LogP contribution >= 0.6 is 27.7 Å². The van der Waals surface area contributed by atoms with Crippen LogP contribution < -0.4 is 5.11 Å². The first-order valence-corrected chi connectivity index (χ1v) is 7.24. The minimum atomic E-state index is -1.29. The standard InChI is InChI=1S/C13H11BrN2O3S/c1-7-3-4-9(5-10(7)14)6-11(12(17)18)20-13-16-15-8(2)19-13/h3-6H,1-2H3,(H,17,18)/p-1/b11-6-. The minimum absolute atomic E-state index is 0.00408. The summed E-state index contributed by atoms with van der Waals surface area (Å²) >= 11 is 4.27. The molecule has 0 unspecified atom stereocenters. The van der Waals surface area contributed by atoms with Crippen molar-refractivity contribution in [2.45, 2.75) is 19.1 Å². The van der Waals surface area contributed by atoms with Gasteiger partial charge in [-0.1, -0.05) is 28.1 Å². The molecule has 20 heavy (non-hydrogen) atoms. The van der Waals surface area contributed by atoms with Crippen molar-refractivity contribution in [1.82, 2.24) is 10.2 Å². The summed E-state index contributed by atoms with van der Waals surface area (Å²) in [5, 5.41) is 18.7. The van der Waals surface area contributed by atoms with E-state index in [4.69, 9.17) is 4.42 Å². The highest BCUT2D eigenvalue weighted by Crippen LogP contribution is 2.28. The number of nitrogens with zero attached hydrogens (tertiary/aromatic N) is 2. The quantitative estimate of drug-likeness (QED) is 0.619. The number of aryl methyl sites for hydroxylation is 2. The maximum absolute atomic E-state index is 11.2. The molecule has 0 radical (unpaired) electrons. The van der Waals surface area contributed by atoms with Gasteiger partial charge in [0.05, 0.1) is 5.97 Å². The SMILES string of the molecule is Cc1nnc(S/C(=C\c2ccc(C)c(Br)c2)C(=O)[O-])o1. The number of carbonyl (C=O) groups is 1. The molecule has 0 bridgehead atoms. The van der Waals surface area contributed by atoms with E-state index in [9.17, 15) is 9.90 Å². The lowest BCUT2D eigenvalue weighted by atomic mass is 10.1. The lowest BCUT2D eigenvalue weighted by Crippen LogP contribution is -2.23. The Bertz CT molecular complexity index is 682. The fourth-order valence-corrected chi connectivity index (χ4v) is 2.50. The largest absolute Gasteiger partial charge is 0.544 e. The number of rotatable bonds is 4. The molecule has 7 heteroatoms. The van der Waals surface area contributed by atoms with E-state index in [1.165, 1.54) is 6.08 Å². The van der Waals surface area contributed by atoms with Crippen molar-refractivity contribution in [3.05, 3.63) is 44.6 Å². The van der Waals surface area contributed by atoms with Crippen molar-refractivity contribution in [1.29, 1.82) is 0 Å². The van der Waals surface area contributed by atoms with Crippen molar-refractivity contribution >= 4 is 39.7 Å². The fourth-order valence-electron chi connectivity index (χ4n) is 1.39. The predicted octanol–water partition coefficient (Wildman–Crippen LogP) is 2.33. The molecule has 0 aliphatic heterocycles. The minimum Gasteiger partial charge on any atom is -0.544 e. The Morgan fingerprint density at radius 3 is 2.70 bits per heavy atom. The highest BCUT2D eigenvalue weighted by molar-refractivity contribution is 9.10. The van der Waals surface area contributed by atoms with E-state index in [0.29, 0.717) is 5.89 Å². The molecular weight excluding hydrogens is 344 g/mol. The number of carboxylic acid groups (broad SMARTS) is 1. The molecule has 1 aromatic carbocycles. The van der Waals surface area contributed by atoms with Gasteiger partial charge in [0.25, 0.3) is 5.22 Å². The average Bonchev–Trinajstić information content (AvgIpc) is 2.78. The van der Waals surface area contributed by atoms with Crippen molar-refractivity contribution in [3.63, 3.8) is 0 Å². The molecule has 0 saturated carbocycles. The van der Waals surface area contributed by atoms with Crippen LogP contribution in [0.1, 0.15) is 17.0 Å². The van der Waals surface area contributed by atoms with Gasteiger partial charge in [0.15, 0.2) is 0 Å². The van der Waals surface area contributed by atoms with Gasteiger partial charge < -0.3 is 14.3 Å². The molecule has 0 atom stereocenters. The van der Waals surface area contributed by atoms with Crippen molar-refractivity contribution in [2.24, 2.45) is 0 Å². The molecular formula is C13H10BrN2O3S-. The summed E-state index contributed by atoms with van der Waals surface area (Å²) in [6.45, 7) is 3.59. The van der Waals surface area contributed by atoms with Gasteiger partial charge >= 0.3 is 0 Å². The van der Waals surface area contributed by atoms with Crippen LogP contribution in [0.25, 0.3) is 6.08 Å². The summed E-state index contributed by atoms with van der Waals surface area (Å²) in [4.78, 5) is 11.2. The third-order valence-corrected chi connectivity index (χ3v) is 4.10. The second kappa shape index (κ2) is 6.23. The Morgan fingerprint density at radius 2 is 2.15 bits per heavy atom. The lowest BCUT2D eigenvalue weighted by molar-refractivity contribution is -0.298. The maximum atomic E-state index is 11.2. The van der Waals surface area contributed by atoms with Crippen LogP contribution in [0.15, 0.2) is 37.2 Å². The number of carbonyl (C=O) groups excluding carboxylic acids is 1. The second-order valence-corrected chi connectivity index (χ2v) is 5.84. The zero-order valence-corrected chi connectivity index (χ0v) is 13.1. The van der Waals surface area contributed by atoms with Gasteiger partial charge in [-0.2, -0.15) is 0 Å². The normalized spacial score (nSPS) is 11.7. The summed E-state index contributed by atoms with van der Waals surface area (Å²) < 4.78 is 6.05. The third-order valence-electron chi connectivity index (χ3n) is 2.40. The number of thioether (sulfide) groups is 1. The average molecular weight is 354 g/mol. The van der Waals surface area contributed by atoms with Gasteiger partial charge in [0, 0.05) is 16.3 Å². The Balaban J connectivity index is 2.29. The first-order valence-electron chi connectivity index (χ1n) is 5.63. The number of aromatic nitrogens is 2. The molecule has 0 spiro atoms. The van der Waals surface area contributed by atoms with Crippen molar-refractivity contribution < 1.29 is 14.3 Å². The summed E-state index contributed by atoms with van der Waals surface area (Å²) in [6, 6.07) is 5.55. The van der Waals surface area contributed by atoms with Gasteiger partial charge in [-0.3, -0.25) is 0 Å². The Morgan fingerprint density at radius 1 is 1.40 bits per heavy atom. The van der Waals surface area contributed by atoms with E-state index in [1.807, 2.05) is 25.1 Å². The summed E-state index contributed by atoms with van der Waals surface area (Å²) in [7, 11) is 0. The van der Waals surface area contributed by atoms with Crippen molar-refractivity contribution in [2.75, 3.05) is 0 Å². The molecule has 1 heterocycles. The first-order chi connectivity index (χ1) is 9.45. The smallest absolute Gasteiger partial charge is 0.281 e. The second-order valence-electron chi connectivity index (χ2n) is 3.99. The molecule has 0 aliphatic rings. The van der Waals surface area contributed by atoms with Crippen LogP contribution in [-0.2, 0) is 4.79 Å². The number of carboxylic acids is 1. The van der Waals surface area contributed by atoms with Gasteiger partial charge in [-0.05, 0) is 42.0 Å². The van der Waals surface area contributed by atoms with E-state index in [0.717, 1.165) is 27.4 Å².